The summed E-state index contributed by atoms with van der Waals surface area (Å²) < 4.78 is 18.0. The molecule has 0 bridgehead atoms. The zero-order valence-electron chi connectivity index (χ0n) is 9.45. The fraction of sp³-hybridized carbons (Fsp3) is 0.417. The van der Waals surface area contributed by atoms with Crippen molar-refractivity contribution >= 4 is 21.9 Å². The molecule has 1 unspecified atom stereocenters. The molecule has 0 heterocycles. The van der Waals surface area contributed by atoms with Crippen molar-refractivity contribution in [1.29, 1.82) is 0 Å². The number of halogens is 2. The van der Waals surface area contributed by atoms with Gasteiger partial charge in [-0.05, 0) is 47.0 Å². The highest BCUT2D eigenvalue weighted by molar-refractivity contribution is 9.10. The van der Waals surface area contributed by atoms with Crippen LogP contribution < -0.4 is 0 Å². The van der Waals surface area contributed by atoms with E-state index in [1.165, 1.54) is 18.2 Å². The largest absolute Gasteiger partial charge is 0.466 e. The summed E-state index contributed by atoms with van der Waals surface area (Å²) in [5.74, 6) is -0.723. The number of hydrogen-bond donors (Lipinski definition) is 1. The summed E-state index contributed by atoms with van der Waals surface area (Å²) in [6, 6.07) is 4.27. The van der Waals surface area contributed by atoms with Gasteiger partial charge in [0.1, 0.15) is 5.82 Å². The van der Waals surface area contributed by atoms with E-state index in [2.05, 4.69) is 15.9 Å². The van der Waals surface area contributed by atoms with Crippen LogP contribution in [-0.2, 0) is 9.53 Å². The number of benzene rings is 1. The van der Waals surface area contributed by atoms with Crippen molar-refractivity contribution in [3.05, 3.63) is 34.1 Å². The summed E-state index contributed by atoms with van der Waals surface area (Å²) in [7, 11) is 0. The van der Waals surface area contributed by atoms with E-state index < -0.39 is 6.10 Å². The van der Waals surface area contributed by atoms with Gasteiger partial charge in [-0.25, -0.2) is 4.39 Å². The molecule has 1 N–H and O–H groups in total. The van der Waals surface area contributed by atoms with E-state index in [1.54, 1.807) is 6.92 Å². The lowest BCUT2D eigenvalue weighted by Crippen LogP contribution is -2.07. The van der Waals surface area contributed by atoms with Crippen LogP contribution in [0.15, 0.2) is 22.7 Å². The minimum Gasteiger partial charge on any atom is -0.466 e. The van der Waals surface area contributed by atoms with Gasteiger partial charge in [-0.3, -0.25) is 4.79 Å². The summed E-state index contributed by atoms with van der Waals surface area (Å²) >= 11 is 3.04. The maximum Gasteiger partial charge on any atom is 0.305 e. The van der Waals surface area contributed by atoms with Crippen molar-refractivity contribution in [3.8, 4) is 0 Å². The summed E-state index contributed by atoms with van der Waals surface area (Å²) in [6.07, 6.45) is -0.391. The molecule has 1 aromatic rings. The van der Waals surface area contributed by atoms with Crippen LogP contribution in [0.1, 0.15) is 31.4 Å². The molecule has 0 aromatic heterocycles. The Morgan fingerprint density at radius 2 is 2.29 bits per heavy atom. The van der Waals surface area contributed by atoms with Gasteiger partial charge in [-0.15, -0.1) is 0 Å². The highest BCUT2D eigenvalue weighted by atomic mass is 79.9. The molecule has 0 aliphatic carbocycles. The van der Waals surface area contributed by atoms with Gasteiger partial charge in [0.2, 0.25) is 0 Å². The third-order valence-corrected chi connectivity index (χ3v) is 2.86. The zero-order chi connectivity index (χ0) is 12.8. The van der Waals surface area contributed by atoms with E-state index in [-0.39, 0.29) is 24.6 Å². The summed E-state index contributed by atoms with van der Waals surface area (Å²) in [6.45, 7) is 2.06. The number of carbonyl (C=O) groups excluding carboxylic acids is 1. The van der Waals surface area contributed by atoms with Crippen LogP contribution in [0.4, 0.5) is 4.39 Å². The molecule has 5 heteroatoms. The quantitative estimate of drug-likeness (QED) is 0.851. The summed E-state index contributed by atoms with van der Waals surface area (Å²) in [5.41, 5.74) is 0.572. The van der Waals surface area contributed by atoms with Crippen LogP contribution in [0.25, 0.3) is 0 Å². The van der Waals surface area contributed by atoms with Crippen molar-refractivity contribution in [2.45, 2.75) is 25.9 Å². The maximum absolute atomic E-state index is 13.0. The first kappa shape index (κ1) is 14.1. The summed E-state index contributed by atoms with van der Waals surface area (Å²) in [5, 5.41) is 9.80. The number of esters is 1. The minimum atomic E-state index is -0.795. The Morgan fingerprint density at radius 1 is 1.59 bits per heavy atom. The third-order valence-electron chi connectivity index (χ3n) is 2.26. The number of ether oxygens (including phenoxy) is 1. The fourth-order valence-electron chi connectivity index (χ4n) is 1.37. The first-order chi connectivity index (χ1) is 8.04. The molecule has 1 rings (SSSR count). The lowest BCUT2D eigenvalue weighted by molar-refractivity contribution is -0.143. The standard InChI is InChI=1S/C12H14BrFO3/c1-2-17-12(16)6-5-11(15)8-3-4-10(14)9(13)7-8/h3-4,7,11,15H,2,5-6H2,1H3. The first-order valence-corrected chi connectivity index (χ1v) is 6.12. The van der Waals surface area contributed by atoms with Gasteiger partial charge in [0.25, 0.3) is 0 Å². The number of hydrogen-bond acceptors (Lipinski definition) is 3. The molecule has 0 aliphatic heterocycles. The highest BCUT2D eigenvalue weighted by Gasteiger charge is 2.12. The van der Waals surface area contributed by atoms with Crippen LogP contribution in [-0.4, -0.2) is 17.7 Å². The highest BCUT2D eigenvalue weighted by Crippen LogP contribution is 2.24. The molecular formula is C12H14BrFO3. The van der Waals surface area contributed by atoms with Gasteiger partial charge in [0, 0.05) is 6.42 Å². The third kappa shape index (κ3) is 4.44. The Bertz CT molecular complexity index is 395. The average Bonchev–Trinajstić information content (AvgIpc) is 2.30. The van der Waals surface area contributed by atoms with E-state index in [0.29, 0.717) is 16.6 Å². The van der Waals surface area contributed by atoms with Crippen LogP contribution in [0.2, 0.25) is 0 Å². The normalized spacial score (nSPS) is 12.2. The molecule has 17 heavy (non-hydrogen) atoms. The van der Waals surface area contributed by atoms with Gasteiger partial charge in [-0.1, -0.05) is 6.07 Å². The SMILES string of the molecule is CCOC(=O)CCC(O)c1ccc(F)c(Br)c1. The molecule has 0 saturated heterocycles. The topological polar surface area (TPSA) is 46.5 Å². The molecule has 0 fully saturated rings. The molecule has 1 aromatic carbocycles. The first-order valence-electron chi connectivity index (χ1n) is 5.33. The molecule has 0 saturated carbocycles. The van der Waals surface area contributed by atoms with Gasteiger partial charge in [0.15, 0.2) is 0 Å². The Balaban J connectivity index is 2.54. The number of aliphatic hydroxyl groups excluding tert-OH is 1. The second-order valence-corrected chi connectivity index (χ2v) is 4.39. The number of aliphatic hydroxyl groups is 1. The Labute approximate surface area is 108 Å². The van der Waals surface area contributed by atoms with Gasteiger partial charge in [0.05, 0.1) is 17.2 Å². The maximum atomic E-state index is 13.0. The van der Waals surface area contributed by atoms with Crippen LogP contribution in [0.3, 0.4) is 0 Å². The Kier molecular flexibility index (Phi) is 5.58. The smallest absolute Gasteiger partial charge is 0.305 e. The molecule has 94 valence electrons. The number of rotatable bonds is 5. The monoisotopic (exact) mass is 304 g/mol. The lowest BCUT2D eigenvalue weighted by atomic mass is 10.1. The fourth-order valence-corrected chi connectivity index (χ4v) is 1.77. The molecule has 3 nitrogen and oxygen atoms in total. The van der Waals surface area contributed by atoms with Crippen LogP contribution in [0.5, 0.6) is 0 Å². The summed E-state index contributed by atoms with van der Waals surface area (Å²) in [4.78, 5) is 11.1. The van der Waals surface area contributed by atoms with E-state index in [0.717, 1.165) is 0 Å². The van der Waals surface area contributed by atoms with Crippen LogP contribution in [0, 0.1) is 5.82 Å². The lowest BCUT2D eigenvalue weighted by Gasteiger charge is -2.11. The Morgan fingerprint density at radius 3 is 2.88 bits per heavy atom. The van der Waals surface area contributed by atoms with Crippen molar-refractivity contribution < 1.29 is 19.0 Å². The minimum absolute atomic E-state index is 0.143. The van der Waals surface area contributed by atoms with E-state index in [9.17, 15) is 14.3 Å². The van der Waals surface area contributed by atoms with Crippen molar-refractivity contribution in [1.82, 2.24) is 0 Å². The molecule has 0 amide bonds. The van der Waals surface area contributed by atoms with E-state index in [1.807, 2.05) is 0 Å². The zero-order valence-corrected chi connectivity index (χ0v) is 11.0. The van der Waals surface area contributed by atoms with Gasteiger partial charge in [-0.2, -0.15) is 0 Å². The second kappa shape index (κ2) is 6.71. The molecule has 1 atom stereocenters. The predicted octanol–water partition coefficient (Wildman–Crippen LogP) is 2.96. The van der Waals surface area contributed by atoms with Gasteiger partial charge >= 0.3 is 5.97 Å². The van der Waals surface area contributed by atoms with E-state index in [4.69, 9.17) is 4.74 Å². The molecule has 0 spiro atoms. The number of carbonyl (C=O) groups is 1. The van der Waals surface area contributed by atoms with Crippen molar-refractivity contribution in [2.75, 3.05) is 6.61 Å². The predicted molar refractivity (Wildman–Crippen MR) is 64.9 cm³/mol. The average molecular weight is 305 g/mol. The van der Waals surface area contributed by atoms with Crippen LogP contribution >= 0.6 is 15.9 Å². The van der Waals surface area contributed by atoms with Gasteiger partial charge < -0.3 is 9.84 Å². The molecular weight excluding hydrogens is 291 g/mol. The Hall–Kier alpha value is -0.940. The van der Waals surface area contributed by atoms with E-state index >= 15 is 0 Å². The second-order valence-electron chi connectivity index (χ2n) is 3.53. The van der Waals surface area contributed by atoms with Crippen molar-refractivity contribution in [2.24, 2.45) is 0 Å². The molecule has 0 radical (unpaired) electrons. The molecule has 0 aliphatic rings. The van der Waals surface area contributed by atoms with Crippen molar-refractivity contribution in [3.63, 3.8) is 0 Å².